The molecule has 26 heavy (non-hydrogen) atoms. The van der Waals surface area contributed by atoms with Crippen LogP contribution in [0.4, 0.5) is 5.69 Å². The van der Waals surface area contributed by atoms with E-state index >= 15 is 0 Å². The molecule has 0 aliphatic rings. The molecule has 0 radical (unpaired) electrons. The molecule has 1 amide bonds. The number of rotatable bonds is 6. The monoisotopic (exact) mass is 366 g/mol. The Balaban J connectivity index is 1.62. The summed E-state index contributed by atoms with van der Waals surface area (Å²) >= 11 is 1.42. The molecular formula is C17H14N6O2S. The molecule has 0 fully saturated rings. The minimum Gasteiger partial charge on any atom is -0.484 e. The quantitative estimate of drug-likeness (QED) is 0.667. The fourth-order valence-corrected chi connectivity index (χ4v) is 2.59. The normalized spacial score (nSPS) is 10.2. The molecule has 0 saturated carbocycles. The number of aromatic nitrogens is 4. The van der Waals surface area contributed by atoms with Crippen LogP contribution in [0, 0.1) is 11.3 Å². The molecule has 0 spiro atoms. The number of carbonyl (C=O) groups excluding carboxylic acids is 1. The van der Waals surface area contributed by atoms with Crippen LogP contribution in [0.1, 0.15) is 5.56 Å². The lowest BCUT2D eigenvalue weighted by Gasteiger charge is -2.09. The van der Waals surface area contributed by atoms with Crippen LogP contribution in [-0.4, -0.2) is 39.0 Å². The number of carbonyl (C=O) groups is 1. The summed E-state index contributed by atoms with van der Waals surface area (Å²) in [5.74, 6) is 0.222. The zero-order chi connectivity index (χ0) is 18.4. The minimum atomic E-state index is -0.298. The summed E-state index contributed by atoms with van der Waals surface area (Å²) < 4.78 is 7.01. The fraction of sp³-hybridized carbons (Fsp3) is 0.118. The number of nitrogens with zero attached hydrogens (tertiary/aromatic N) is 5. The third kappa shape index (κ3) is 4.17. The van der Waals surface area contributed by atoms with Crippen molar-refractivity contribution >= 4 is 23.4 Å². The van der Waals surface area contributed by atoms with E-state index in [1.165, 1.54) is 11.8 Å². The summed E-state index contributed by atoms with van der Waals surface area (Å²) in [6, 6.07) is 15.8. The summed E-state index contributed by atoms with van der Waals surface area (Å²) in [5.41, 5.74) is 1.88. The first-order valence-corrected chi connectivity index (χ1v) is 8.77. The molecule has 0 aliphatic heterocycles. The number of nitriles is 1. The van der Waals surface area contributed by atoms with Crippen molar-refractivity contribution in [2.24, 2.45) is 0 Å². The smallest absolute Gasteiger partial charge is 0.262 e. The van der Waals surface area contributed by atoms with Crippen molar-refractivity contribution in [3.8, 4) is 17.5 Å². The highest BCUT2D eigenvalue weighted by molar-refractivity contribution is 7.98. The standard InChI is InChI=1S/C17H14N6O2S/c1-26-17-20-21-22-23(17)14-4-2-3-13(9-14)19-16(24)11-25-15-7-5-12(10-18)6-8-15/h2-9H,11H2,1H3,(H,19,24). The van der Waals surface area contributed by atoms with Crippen molar-refractivity contribution in [3.05, 3.63) is 54.1 Å². The Hall–Kier alpha value is -3.38. The topological polar surface area (TPSA) is 106 Å². The average Bonchev–Trinajstić information content (AvgIpc) is 3.16. The lowest BCUT2D eigenvalue weighted by molar-refractivity contribution is -0.118. The van der Waals surface area contributed by atoms with Gasteiger partial charge in [0.1, 0.15) is 5.75 Å². The van der Waals surface area contributed by atoms with E-state index in [9.17, 15) is 4.79 Å². The number of amides is 1. The van der Waals surface area contributed by atoms with Crippen LogP contribution in [0.2, 0.25) is 0 Å². The largest absolute Gasteiger partial charge is 0.484 e. The number of tetrazole rings is 1. The highest BCUT2D eigenvalue weighted by Crippen LogP contribution is 2.19. The van der Waals surface area contributed by atoms with Gasteiger partial charge >= 0.3 is 0 Å². The van der Waals surface area contributed by atoms with E-state index in [4.69, 9.17) is 10.00 Å². The van der Waals surface area contributed by atoms with Crippen molar-refractivity contribution in [1.82, 2.24) is 20.2 Å². The first-order valence-electron chi connectivity index (χ1n) is 7.55. The Morgan fingerprint density at radius 3 is 2.85 bits per heavy atom. The zero-order valence-electron chi connectivity index (χ0n) is 13.8. The van der Waals surface area contributed by atoms with Crippen LogP contribution in [0.15, 0.2) is 53.7 Å². The SMILES string of the molecule is CSc1nnnn1-c1cccc(NC(=O)COc2ccc(C#N)cc2)c1. The third-order valence-corrected chi connectivity index (χ3v) is 3.97. The van der Waals surface area contributed by atoms with E-state index in [0.29, 0.717) is 22.2 Å². The molecule has 3 rings (SSSR count). The van der Waals surface area contributed by atoms with Crippen molar-refractivity contribution in [2.75, 3.05) is 18.2 Å². The Labute approximate surface area is 153 Å². The van der Waals surface area contributed by atoms with Gasteiger partial charge in [-0.3, -0.25) is 4.79 Å². The summed E-state index contributed by atoms with van der Waals surface area (Å²) in [6.07, 6.45) is 1.88. The first kappa shape index (κ1) is 17.4. The summed E-state index contributed by atoms with van der Waals surface area (Å²) in [5, 5.41) is 23.7. The van der Waals surface area contributed by atoms with Crippen molar-refractivity contribution in [3.63, 3.8) is 0 Å². The van der Waals surface area contributed by atoms with Gasteiger partial charge in [0.2, 0.25) is 5.16 Å². The maximum atomic E-state index is 12.1. The summed E-state index contributed by atoms with van der Waals surface area (Å²) in [4.78, 5) is 12.1. The van der Waals surface area contributed by atoms with Gasteiger partial charge in [0.05, 0.1) is 17.3 Å². The number of nitrogens with one attached hydrogen (secondary N) is 1. The number of hydrogen-bond donors (Lipinski definition) is 1. The second-order valence-corrected chi connectivity index (χ2v) is 5.87. The zero-order valence-corrected chi connectivity index (χ0v) is 14.6. The van der Waals surface area contributed by atoms with E-state index in [2.05, 4.69) is 20.8 Å². The van der Waals surface area contributed by atoms with Gasteiger partial charge in [-0.05, 0) is 59.1 Å². The number of ether oxygens (including phenoxy) is 1. The van der Waals surface area contributed by atoms with Gasteiger partial charge in [-0.15, -0.1) is 5.10 Å². The Kier molecular flexibility index (Phi) is 5.46. The molecule has 3 aromatic rings. The van der Waals surface area contributed by atoms with Crippen molar-refractivity contribution in [2.45, 2.75) is 5.16 Å². The van der Waals surface area contributed by atoms with Gasteiger partial charge in [0.15, 0.2) is 6.61 Å². The molecule has 0 aliphatic carbocycles. The number of anilines is 1. The maximum absolute atomic E-state index is 12.1. The highest BCUT2D eigenvalue weighted by atomic mass is 32.2. The number of benzene rings is 2. The molecule has 1 N–H and O–H groups in total. The molecule has 0 saturated heterocycles. The highest BCUT2D eigenvalue weighted by Gasteiger charge is 2.09. The van der Waals surface area contributed by atoms with Gasteiger partial charge in [0, 0.05) is 5.69 Å². The maximum Gasteiger partial charge on any atom is 0.262 e. The van der Waals surface area contributed by atoms with Gasteiger partial charge in [-0.2, -0.15) is 9.94 Å². The second-order valence-electron chi connectivity index (χ2n) is 5.10. The van der Waals surface area contributed by atoms with Crippen molar-refractivity contribution < 1.29 is 9.53 Å². The minimum absolute atomic E-state index is 0.142. The van der Waals surface area contributed by atoms with E-state index in [0.717, 1.165) is 5.69 Å². The molecular weight excluding hydrogens is 352 g/mol. The van der Waals surface area contributed by atoms with Gasteiger partial charge in [0.25, 0.3) is 5.91 Å². The molecule has 1 aromatic heterocycles. The lowest BCUT2D eigenvalue weighted by Crippen LogP contribution is -2.20. The molecule has 8 nitrogen and oxygen atoms in total. The second kappa shape index (κ2) is 8.13. The predicted molar refractivity (Wildman–Crippen MR) is 96.2 cm³/mol. The molecule has 9 heteroatoms. The summed E-state index contributed by atoms with van der Waals surface area (Å²) in [7, 11) is 0. The van der Waals surface area contributed by atoms with Gasteiger partial charge < -0.3 is 10.1 Å². The van der Waals surface area contributed by atoms with Crippen LogP contribution in [0.25, 0.3) is 5.69 Å². The van der Waals surface area contributed by atoms with Gasteiger partial charge in [-0.1, -0.05) is 17.8 Å². The van der Waals surface area contributed by atoms with E-state index in [-0.39, 0.29) is 12.5 Å². The molecule has 0 atom stereocenters. The van der Waals surface area contributed by atoms with Crippen LogP contribution in [0.5, 0.6) is 5.75 Å². The lowest BCUT2D eigenvalue weighted by atomic mass is 10.2. The van der Waals surface area contributed by atoms with Gasteiger partial charge in [-0.25, -0.2) is 0 Å². The Bertz CT molecular complexity index is 948. The molecule has 2 aromatic carbocycles. The number of hydrogen-bond acceptors (Lipinski definition) is 7. The van der Waals surface area contributed by atoms with Crippen molar-refractivity contribution in [1.29, 1.82) is 5.26 Å². The van der Waals surface area contributed by atoms with E-state index in [1.807, 2.05) is 18.4 Å². The Morgan fingerprint density at radius 2 is 2.12 bits per heavy atom. The number of thioether (sulfide) groups is 1. The first-order chi connectivity index (χ1) is 12.7. The van der Waals surface area contributed by atoms with Crippen LogP contribution in [0.3, 0.4) is 0 Å². The van der Waals surface area contributed by atoms with E-state index in [1.54, 1.807) is 47.1 Å². The average molecular weight is 366 g/mol. The van der Waals surface area contributed by atoms with Crippen LogP contribution >= 0.6 is 11.8 Å². The molecule has 0 bridgehead atoms. The molecule has 130 valence electrons. The molecule has 0 unspecified atom stereocenters. The van der Waals surface area contributed by atoms with Crippen LogP contribution < -0.4 is 10.1 Å². The Morgan fingerprint density at radius 1 is 1.31 bits per heavy atom. The third-order valence-electron chi connectivity index (χ3n) is 3.35. The predicted octanol–water partition coefficient (Wildman–Crippen LogP) is 2.27. The van der Waals surface area contributed by atoms with E-state index < -0.39 is 0 Å². The van der Waals surface area contributed by atoms with Crippen LogP contribution in [-0.2, 0) is 4.79 Å². The molecule has 1 heterocycles. The summed E-state index contributed by atoms with van der Waals surface area (Å²) in [6.45, 7) is -0.142. The fourth-order valence-electron chi connectivity index (χ4n) is 2.16.